The lowest BCUT2D eigenvalue weighted by molar-refractivity contribution is -0.127. The van der Waals surface area contributed by atoms with Gasteiger partial charge < -0.3 is 5.73 Å². The molecule has 128 valence electrons. The molecule has 2 heterocycles. The fourth-order valence-electron chi connectivity index (χ4n) is 2.62. The van der Waals surface area contributed by atoms with E-state index < -0.39 is 16.2 Å². The smallest absolute Gasteiger partial charge is 0.245 e. The van der Waals surface area contributed by atoms with E-state index in [1.165, 1.54) is 28.4 Å². The number of amides is 1. The van der Waals surface area contributed by atoms with E-state index in [0.29, 0.717) is 0 Å². The van der Waals surface area contributed by atoms with E-state index in [1.54, 1.807) is 13.1 Å². The van der Waals surface area contributed by atoms with Crippen LogP contribution in [0.25, 0.3) is 11.1 Å². The number of carbonyl (C=O) groups excluding carboxylic acids is 1. The predicted molar refractivity (Wildman–Crippen MR) is 98.9 cm³/mol. The van der Waals surface area contributed by atoms with Crippen LogP contribution in [0.1, 0.15) is 17.4 Å². The molecule has 25 heavy (non-hydrogen) atoms. The summed E-state index contributed by atoms with van der Waals surface area (Å²) in [5, 5.41) is 10.9. The molecule has 1 amide bonds. The topological polar surface area (TPSA) is 82.5 Å². The maximum atomic E-state index is 13.5. The summed E-state index contributed by atoms with van der Waals surface area (Å²) in [6.07, 6.45) is 0. The Labute approximate surface area is 156 Å². The van der Waals surface area contributed by atoms with Gasteiger partial charge in [0, 0.05) is 11.9 Å². The van der Waals surface area contributed by atoms with Crippen LogP contribution in [0, 0.1) is 17.1 Å². The Kier molecular flexibility index (Phi) is 4.39. The minimum Gasteiger partial charge on any atom is -0.369 e. The monoisotopic (exact) mass is 420 g/mol. The Bertz CT molecular complexity index is 935. The third-order valence-electron chi connectivity index (χ3n) is 4.25. The number of nitrogens with two attached hydrogens (primary N) is 1. The third-order valence-corrected chi connectivity index (χ3v) is 6.69. The van der Waals surface area contributed by atoms with Crippen molar-refractivity contribution in [3.63, 3.8) is 0 Å². The van der Waals surface area contributed by atoms with Crippen molar-refractivity contribution in [2.45, 2.75) is 17.3 Å². The van der Waals surface area contributed by atoms with Crippen molar-refractivity contribution in [3.05, 3.63) is 45.9 Å². The van der Waals surface area contributed by atoms with Gasteiger partial charge in [-0.25, -0.2) is 9.38 Å². The zero-order valence-corrected chi connectivity index (χ0v) is 15.9. The van der Waals surface area contributed by atoms with Crippen LogP contribution in [0.5, 0.6) is 0 Å². The highest BCUT2D eigenvalue weighted by Gasteiger charge is 2.45. The molecular weight excluding hydrogens is 407 g/mol. The zero-order valence-electron chi connectivity index (χ0n) is 13.5. The first-order valence-corrected chi connectivity index (χ1v) is 9.13. The predicted octanol–water partition coefficient (Wildman–Crippen LogP) is 3.19. The largest absolute Gasteiger partial charge is 0.369 e. The lowest BCUT2D eigenvalue weighted by Crippen LogP contribution is -2.54. The number of halogens is 2. The number of alkyl halides is 1. The Morgan fingerprint density at radius 3 is 2.84 bits per heavy atom. The van der Waals surface area contributed by atoms with Gasteiger partial charge in [0.25, 0.3) is 0 Å². The SMILES string of the molecule is CN1C(=O)C(Br)[C@@](C)(c2cc(-c3ccc(F)c(C#N)c3)cs2)N=C1N. The minimum atomic E-state index is -0.839. The van der Waals surface area contributed by atoms with Crippen LogP contribution in [-0.4, -0.2) is 28.6 Å². The van der Waals surface area contributed by atoms with Crippen molar-refractivity contribution in [3.8, 4) is 17.2 Å². The van der Waals surface area contributed by atoms with Gasteiger partial charge in [-0.3, -0.25) is 9.69 Å². The highest BCUT2D eigenvalue weighted by Crippen LogP contribution is 2.42. The first-order valence-electron chi connectivity index (χ1n) is 7.34. The normalized spacial score (nSPS) is 23.3. The number of nitrogens with zero attached hydrogens (tertiary/aromatic N) is 3. The van der Waals surface area contributed by atoms with Gasteiger partial charge in [-0.1, -0.05) is 22.0 Å². The molecule has 0 spiro atoms. The lowest BCUT2D eigenvalue weighted by atomic mass is 9.93. The quantitative estimate of drug-likeness (QED) is 0.757. The number of carbonyl (C=O) groups is 1. The van der Waals surface area contributed by atoms with Gasteiger partial charge in [-0.15, -0.1) is 11.3 Å². The van der Waals surface area contributed by atoms with Gasteiger partial charge in [0.05, 0.1) is 5.56 Å². The Morgan fingerprint density at radius 1 is 1.44 bits per heavy atom. The summed E-state index contributed by atoms with van der Waals surface area (Å²) in [5.74, 6) is -0.558. The summed E-state index contributed by atoms with van der Waals surface area (Å²) in [7, 11) is 1.58. The van der Waals surface area contributed by atoms with Crippen LogP contribution < -0.4 is 5.73 Å². The molecule has 1 aromatic carbocycles. The van der Waals surface area contributed by atoms with E-state index in [4.69, 9.17) is 11.0 Å². The van der Waals surface area contributed by atoms with Crippen molar-refractivity contribution < 1.29 is 9.18 Å². The van der Waals surface area contributed by atoms with Gasteiger partial charge in [-0.2, -0.15) is 5.26 Å². The van der Waals surface area contributed by atoms with Gasteiger partial charge in [0.1, 0.15) is 22.3 Å². The number of hydrogen-bond acceptors (Lipinski definition) is 5. The summed E-state index contributed by atoms with van der Waals surface area (Å²) in [5.41, 5.74) is 6.59. The van der Waals surface area contributed by atoms with Crippen LogP contribution in [0.4, 0.5) is 4.39 Å². The van der Waals surface area contributed by atoms with Crippen molar-refractivity contribution in [2.75, 3.05) is 7.05 Å². The third kappa shape index (κ3) is 2.83. The van der Waals surface area contributed by atoms with Gasteiger partial charge >= 0.3 is 0 Å². The molecule has 1 aliphatic heterocycles. The van der Waals surface area contributed by atoms with Gasteiger partial charge in [0.15, 0.2) is 5.96 Å². The Hall–Kier alpha value is -2.24. The average molecular weight is 421 g/mol. The number of rotatable bonds is 2. The molecule has 3 rings (SSSR count). The molecule has 0 saturated carbocycles. The molecular formula is C17H14BrFN4OS. The van der Waals surface area contributed by atoms with Crippen LogP contribution in [0.2, 0.25) is 0 Å². The second-order valence-corrected chi connectivity index (χ2v) is 7.71. The molecule has 2 N–H and O–H groups in total. The maximum Gasteiger partial charge on any atom is 0.245 e. The number of nitriles is 1. The van der Waals surface area contributed by atoms with E-state index in [1.807, 2.05) is 24.4 Å². The van der Waals surface area contributed by atoms with Crippen molar-refractivity contribution in [1.29, 1.82) is 5.26 Å². The molecule has 5 nitrogen and oxygen atoms in total. The molecule has 2 aromatic rings. The fourth-order valence-corrected chi connectivity index (χ4v) is 4.48. The van der Waals surface area contributed by atoms with E-state index in [9.17, 15) is 9.18 Å². The molecule has 0 aliphatic carbocycles. The zero-order chi connectivity index (χ0) is 18.4. The minimum absolute atomic E-state index is 0.00781. The number of thiophene rings is 1. The molecule has 0 bridgehead atoms. The lowest BCUT2D eigenvalue weighted by Gasteiger charge is -2.36. The van der Waals surface area contributed by atoms with E-state index in [-0.39, 0.29) is 17.4 Å². The van der Waals surface area contributed by atoms with Crippen LogP contribution >= 0.6 is 27.3 Å². The second kappa shape index (κ2) is 6.24. The molecule has 1 aromatic heterocycles. The molecule has 8 heteroatoms. The van der Waals surface area contributed by atoms with Crippen molar-refractivity contribution in [1.82, 2.24) is 4.90 Å². The highest BCUT2D eigenvalue weighted by atomic mass is 79.9. The Balaban J connectivity index is 2.04. The molecule has 1 aliphatic rings. The number of benzene rings is 1. The molecule has 2 atom stereocenters. The maximum absolute atomic E-state index is 13.5. The number of hydrogen-bond donors (Lipinski definition) is 1. The Morgan fingerprint density at radius 2 is 2.16 bits per heavy atom. The number of guanidine groups is 1. The van der Waals surface area contributed by atoms with Crippen LogP contribution in [-0.2, 0) is 10.3 Å². The standard InChI is InChI=1S/C17H14BrFN4OS/c1-17(14(18)15(24)23(2)16(21)22-17)13-6-11(8-25-13)9-3-4-12(19)10(5-9)7-20/h3-6,8,14H,1-2H3,(H2,21,22)/t14?,17-/m1/s1. The van der Waals surface area contributed by atoms with Crippen LogP contribution in [0.3, 0.4) is 0 Å². The fraction of sp³-hybridized carbons (Fsp3) is 0.235. The summed E-state index contributed by atoms with van der Waals surface area (Å²) in [6.45, 7) is 1.84. The molecule has 0 fully saturated rings. The highest BCUT2D eigenvalue weighted by molar-refractivity contribution is 9.10. The van der Waals surface area contributed by atoms with Crippen molar-refractivity contribution >= 4 is 39.1 Å². The molecule has 0 radical (unpaired) electrons. The van der Waals surface area contributed by atoms with Crippen molar-refractivity contribution in [2.24, 2.45) is 10.7 Å². The first-order chi connectivity index (χ1) is 11.8. The average Bonchev–Trinajstić information content (AvgIpc) is 3.09. The number of aliphatic imine (C=N–C) groups is 1. The molecule has 0 saturated heterocycles. The summed E-state index contributed by atoms with van der Waals surface area (Å²) in [6, 6.07) is 8.13. The summed E-state index contributed by atoms with van der Waals surface area (Å²) >= 11 is 4.88. The summed E-state index contributed by atoms with van der Waals surface area (Å²) < 4.78 is 13.5. The summed E-state index contributed by atoms with van der Waals surface area (Å²) in [4.78, 5) is 18.5. The van der Waals surface area contributed by atoms with E-state index in [0.717, 1.165) is 16.0 Å². The van der Waals surface area contributed by atoms with Gasteiger partial charge in [0.2, 0.25) is 5.91 Å². The van der Waals surface area contributed by atoms with E-state index >= 15 is 0 Å². The second-order valence-electron chi connectivity index (χ2n) is 5.88. The van der Waals surface area contributed by atoms with E-state index in [2.05, 4.69) is 20.9 Å². The van der Waals surface area contributed by atoms with Crippen LogP contribution in [0.15, 0.2) is 34.6 Å². The molecule has 1 unspecified atom stereocenters. The van der Waals surface area contributed by atoms with Gasteiger partial charge in [-0.05, 0) is 41.6 Å². The first kappa shape index (κ1) is 17.6.